The SMILES string of the molecule is CNc1c(CCC(=O)N(C)C)ccc(O)c1O. The minimum Gasteiger partial charge on any atom is -0.504 e. The van der Waals surface area contributed by atoms with Gasteiger partial charge in [0.25, 0.3) is 0 Å². The van der Waals surface area contributed by atoms with Crippen molar-refractivity contribution in [3.05, 3.63) is 17.7 Å². The van der Waals surface area contributed by atoms with E-state index in [1.54, 1.807) is 27.2 Å². The molecule has 0 heterocycles. The third kappa shape index (κ3) is 3.03. The number of phenols is 2. The molecule has 0 fully saturated rings. The van der Waals surface area contributed by atoms with Gasteiger partial charge in [-0.1, -0.05) is 6.07 Å². The molecular formula is C12H18N2O3. The lowest BCUT2D eigenvalue weighted by Gasteiger charge is -2.13. The summed E-state index contributed by atoms with van der Waals surface area (Å²) in [7, 11) is 5.07. The number of carbonyl (C=O) groups excluding carboxylic acids is 1. The number of nitrogens with one attached hydrogen (secondary N) is 1. The highest BCUT2D eigenvalue weighted by atomic mass is 16.3. The van der Waals surface area contributed by atoms with Gasteiger partial charge in [0.1, 0.15) is 0 Å². The van der Waals surface area contributed by atoms with Crippen molar-refractivity contribution in [2.24, 2.45) is 0 Å². The van der Waals surface area contributed by atoms with Crippen LogP contribution in [0.3, 0.4) is 0 Å². The Labute approximate surface area is 101 Å². The number of carbonyl (C=O) groups is 1. The van der Waals surface area contributed by atoms with Gasteiger partial charge >= 0.3 is 0 Å². The van der Waals surface area contributed by atoms with Crippen molar-refractivity contribution in [2.75, 3.05) is 26.5 Å². The number of hydrogen-bond acceptors (Lipinski definition) is 4. The maximum absolute atomic E-state index is 11.5. The third-order valence-corrected chi connectivity index (χ3v) is 2.60. The van der Waals surface area contributed by atoms with Crippen LogP contribution in [-0.2, 0) is 11.2 Å². The maximum atomic E-state index is 11.5. The molecule has 0 aromatic heterocycles. The Morgan fingerprint density at radius 2 is 2.00 bits per heavy atom. The molecule has 0 bridgehead atoms. The molecule has 0 saturated carbocycles. The van der Waals surface area contributed by atoms with Gasteiger partial charge in [-0.05, 0) is 18.1 Å². The zero-order valence-corrected chi connectivity index (χ0v) is 10.3. The summed E-state index contributed by atoms with van der Waals surface area (Å²) < 4.78 is 0. The number of anilines is 1. The van der Waals surface area contributed by atoms with Crippen LogP contribution in [-0.4, -0.2) is 42.2 Å². The Morgan fingerprint density at radius 1 is 1.35 bits per heavy atom. The zero-order chi connectivity index (χ0) is 13.0. The Balaban J connectivity index is 2.85. The highest BCUT2D eigenvalue weighted by Crippen LogP contribution is 2.36. The molecule has 1 rings (SSSR count). The number of amides is 1. The van der Waals surface area contributed by atoms with Gasteiger partial charge in [0.15, 0.2) is 11.5 Å². The molecule has 1 amide bonds. The van der Waals surface area contributed by atoms with E-state index in [-0.39, 0.29) is 17.4 Å². The highest BCUT2D eigenvalue weighted by Gasteiger charge is 2.12. The van der Waals surface area contributed by atoms with Crippen LogP contribution in [0.2, 0.25) is 0 Å². The van der Waals surface area contributed by atoms with E-state index in [4.69, 9.17) is 0 Å². The van der Waals surface area contributed by atoms with E-state index >= 15 is 0 Å². The standard InChI is InChI=1S/C12H18N2O3/c1-13-11-8(4-6-9(15)12(11)17)5-7-10(16)14(2)3/h4,6,13,15,17H,5,7H2,1-3H3. The summed E-state index contributed by atoms with van der Waals surface area (Å²) in [4.78, 5) is 13.0. The van der Waals surface area contributed by atoms with E-state index in [0.717, 1.165) is 5.56 Å². The number of rotatable bonds is 4. The molecule has 3 N–H and O–H groups in total. The van der Waals surface area contributed by atoms with Gasteiger partial charge in [-0.15, -0.1) is 0 Å². The van der Waals surface area contributed by atoms with Crippen molar-refractivity contribution in [1.82, 2.24) is 4.90 Å². The Hall–Kier alpha value is -1.91. The van der Waals surface area contributed by atoms with Crippen molar-refractivity contribution >= 4 is 11.6 Å². The van der Waals surface area contributed by atoms with Crippen LogP contribution in [0.25, 0.3) is 0 Å². The van der Waals surface area contributed by atoms with Gasteiger partial charge < -0.3 is 20.4 Å². The van der Waals surface area contributed by atoms with Crippen LogP contribution >= 0.6 is 0 Å². The van der Waals surface area contributed by atoms with Crippen LogP contribution in [0.1, 0.15) is 12.0 Å². The Morgan fingerprint density at radius 3 is 2.53 bits per heavy atom. The molecule has 1 aromatic rings. The summed E-state index contributed by atoms with van der Waals surface area (Å²) in [5.41, 5.74) is 1.27. The van der Waals surface area contributed by atoms with Gasteiger partial charge in [0.05, 0.1) is 5.69 Å². The lowest BCUT2D eigenvalue weighted by atomic mass is 10.1. The van der Waals surface area contributed by atoms with Crippen LogP contribution in [0.5, 0.6) is 11.5 Å². The molecule has 5 nitrogen and oxygen atoms in total. The molecule has 0 atom stereocenters. The third-order valence-electron chi connectivity index (χ3n) is 2.60. The first-order valence-electron chi connectivity index (χ1n) is 5.39. The first-order valence-corrected chi connectivity index (χ1v) is 5.39. The molecule has 0 saturated heterocycles. The van der Waals surface area contributed by atoms with Crippen molar-refractivity contribution < 1.29 is 15.0 Å². The fourth-order valence-electron chi connectivity index (χ4n) is 1.57. The van der Waals surface area contributed by atoms with E-state index in [1.807, 2.05) is 0 Å². The summed E-state index contributed by atoms with van der Waals surface area (Å²) in [6.45, 7) is 0. The van der Waals surface area contributed by atoms with Gasteiger partial charge in [-0.25, -0.2) is 0 Å². The average molecular weight is 238 g/mol. The second kappa shape index (κ2) is 5.43. The maximum Gasteiger partial charge on any atom is 0.222 e. The molecule has 0 unspecified atom stereocenters. The van der Waals surface area contributed by atoms with E-state index in [1.165, 1.54) is 11.0 Å². The summed E-state index contributed by atoms with van der Waals surface area (Å²) in [6.07, 6.45) is 0.882. The predicted octanol–water partition coefficient (Wildman–Crippen LogP) is 1.16. The summed E-state index contributed by atoms with van der Waals surface area (Å²) in [5, 5.41) is 21.8. The average Bonchev–Trinajstić information content (AvgIpc) is 2.30. The topological polar surface area (TPSA) is 72.8 Å². The molecule has 94 valence electrons. The van der Waals surface area contributed by atoms with Crippen molar-refractivity contribution in [2.45, 2.75) is 12.8 Å². The summed E-state index contributed by atoms with van der Waals surface area (Å²) in [5.74, 6) is -0.320. The van der Waals surface area contributed by atoms with Crippen LogP contribution < -0.4 is 5.32 Å². The minimum atomic E-state index is -0.178. The fraction of sp³-hybridized carbons (Fsp3) is 0.417. The number of aromatic hydroxyl groups is 2. The van der Waals surface area contributed by atoms with Gasteiger partial charge in [-0.2, -0.15) is 0 Å². The summed E-state index contributed by atoms with van der Waals surface area (Å²) >= 11 is 0. The molecule has 0 aliphatic rings. The van der Waals surface area contributed by atoms with E-state index in [2.05, 4.69) is 5.32 Å². The van der Waals surface area contributed by atoms with E-state index in [0.29, 0.717) is 18.5 Å². The first-order chi connectivity index (χ1) is 7.97. The zero-order valence-electron chi connectivity index (χ0n) is 10.3. The molecule has 5 heteroatoms. The normalized spacial score (nSPS) is 10.1. The predicted molar refractivity (Wildman–Crippen MR) is 66.3 cm³/mol. The molecular weight excluding hydrogens is 220 g/mol. The van der Waals surface area contributed by atoms with E-state index in [9.17, 15) is 15.0 Å². The van der Waals surface area contributed by atoms with Gasteiger partial charge in [0.2, 0.25) is 5.91 Å². The number of aryl methyl sites for hydroxylation is 1. The molecule has 17 heavy (non-hydrogen) atoms. The monoisotopic (exact) mass is 238 g/mol. The number of benzene rings is 1. The second-order valence-corrected chi connectivity index (χ2v) is 4.01. The van der Waals surface area contributed by atoms with Crippen LogP contribution in [0.15, 0.2) is 12.1 Å². The summed E-state index contributed by atoms with van der Waals surface area (Å²) in [6, 6.07) is 3.12. The van der Waals surface area contributed by atoms with Crippen molar-refractivity contribution in [3.8, 4) is 11.5 Å². The molecule has 0 radical (unpaired) electrons. The first kappa shape index (κ1) is 13.2. The Bertz CT molecular complexity index is 416. The molecule has 0 spiro atoms. The lowest BCUT2D eigenvalue weighted by molar-refractivity contribution is -0.128. The highest BCUT2D eigenvalue weighted by molar-refractivity contribution is 5.76. The van der Waals surface area contributed by atoms with Crippen molar-refractivity contribution in [1.29, 1.82) is 0 Å². The van der Waals surface area contributed by atoms with Crippen molar-refractivity contribution in [3.63, 3.8) is 0 Å². The van der Waals surface area contributed by atoms with Crippen LogP contribution in [0, 0.1) is 0 Å². The smallest absolute Gasteiger partial charge is 0.222 e. The lowest BCUT2D eigenvalue weighted by Crippen LogP contribution is -2.21. The Kier molecular flexibility index (Phi) is 4.20. The number of phenolic OH excluding ortho intramolecular Hbond substituents is 2. The van der Waals surface area contributed by atoms with E-state index < -0.39 is 0 Å². The number of nitrogens with zero attached hydrogens (tertiary/aromatic N) is 1. The molecule has 0 aliphatic heterocycles. The molecule has 1 aromatic carbocycles. The fourth-order valence-corrected chi connectivity index (χ4v) is 1.57. The van der Waals surface area contributed by atoms with Gasteiger partial charge in [0, 0.05) is 27.6 Å². The molecule has 0 aliphatic carbocycles. The second-order valence-electron chi connectivity index (χ2n) is 4.01. The minimum absolute atomic E-state index is 0.0274. The van der Waals surface area contributed by atoms with Crippen LogP contribution in [0.4, 0.5) is 5.69 Å². The van der Waals surface area contributed by atoms with Gasteiger partial charge in [-0.3, -0.25) is 4.79 Å². The quantitative estimate of drug-likeness (QED) is 0.688. The number of hydrogen-bond donors (Lipinski definition) is 3. The largest absolute Gasteiger partial charge is 0.504 e.